The summed E-state index contributed by atoms with van der Waals surface area (Å²) in [6.45, 7) is 9.73. The van der Waals surface area contributed by atoms with E-state index in [1.165, 1.54) is 11.3 Å². The molecule has 37 heavy (non-hydrogen) atoms. The first-order chi connectivity index (χ1) is 17.7. The molecule has 4 heterocycles. The number of amides is 4. The predicted octanol–water partition coefficient (Wildman–Crippen LogP) is 3.75. The van der Waals surface area contributed by atoms with Crippen molar-refractivity contribution in [3.05, 3.63) is 29.8 Å². The number of carbonyl (C=O) groups is 3. The Kier molecular flexibility index (Phi) is 6.97. The number of likely N-dealkylation sites (N-methyl/N-ethyl adjacent to an activating group) is 1. The predicted molar refractivity (Wildman–Crippen MR) is 147 cm³/mol. The number of nitrogens with one attached hydrogen (secondary N) is 1. The molecule has 1 spiro atoms. The van der Waals surface area contributed by atoms with Gasteiger partial charge in [0.25, 0.3) is 11.8 Å². The third-order valence-corrected chi connectivity index (χ3v) is 8.98. The maximum absolute atomic E-state index is 13.6. The van der Waals surface area contributed by atoms with E-state index in [9.17, 15) is 14.4 Å². The third kappa shape index (κ3) is 4.61. The molecule has 2 fully saturated rings. The zero-order valence-corrected chi connectivity index (χ0v) is 22.6. The van der Waals surface area contributed by atoms with E-state index < -0.39 is 11.6 Å². The Morgan fingerprint density at radius 1 is 1.22 bits per heavy atom. The molecule has 2 saturated heterocycles. The van der Waals surface area contributed by atoms with E-state index in [1.54, 1.807) is 0 Å². The van der Waals surface area contributed by atoms with Crippen LogP contribution in [0.2, 0.25) is 0 Å². The van der Waals surface area contributed by atoms with Crippen molar-refractivity contribution in [1.82, 2.24) is 14.7 Å². The molecule has 1 atom stereocenters. The van der Waals surface area contributed by atoms with E-state index in [0.29, 0.717) is 42.8 Å². The van der Waals surface area contributed by atoms with Crippen LogP contribution in [0.5, 0.6) is 0 Å². The fraction of sp³-hybridized carbons (Fsp3) is 0.556. The molecule has 1 aromatic carbocycles. The minimum Gasteiger partial charge on any atom is -0.351 e. The Hall–Kier alpha value is -2.98. The molecule has 4 amide bonds. The SMILES string of the molecule is CCN1C(=O)C2(CCCN(C3CCN(C(=O)c4c(NC(N)=O)sc5ccccc45)CC3)C2)N=C1C(C)C. The van der Waals surface area contributed by atoms with E-state index in [1.807, 2.05) is 41.0 Å². The van der Waals surface area contributed by atoms with Crippen LogP contribution in [0.3, 0.4) is 0 Å². The highest BCUT2D eigenvalue weighted by Gasteiger charge is 2.51. The topological polar surface area (TPSA) is 111 Å². The van der Waals surface area contributed by atoms with Gasteiger partial charge < -0.3 is 10.6 Å². The number of aliphatic imine (C=N–C) groups is 1. The lowest BCUT2D eigenvalue weighted by Crippen LogP contribution is -2.57. The lowest BCUT2D eigenvalue weighted by Gasteiger charge is -2.44. The number of hydrogen-bond donors (Lipinski definition) is 2. The number of primary amides is 1. The second-order valence-corrected chi connectivity index (χ2v) is 11.6. The molecular formula is C27H36N6O3S. The Morgan fingerprint density at radius 2 is 1.95 bits per heavy atom. The average Bonchev–Trinajstić information content (AvgIpc) is 3.37. The number of nitrogens with zero attached hydrogens (tertiary/aromatic N) is 4. The monoisotopic (exact) mass is 524 g/mol. The van der Waals surface area contributed by atoms with Crippen molar-refractivity contribution in [2.45, 2.75) is 58.0 Å². The first-order valence-electron chi connectivity index (χ1n) is 13.3. The third-order valence-electron chi connectivity index (χ3n) is 7.90. The smallest absolute Gasteiger partial charge is 0.317 e. The van der Waals surface area contributed by atoms with Gasteiger partial charge in [-0.05, 0) is 45.2 Å². The standard InChI is InChI=1S/C27H36N6O3S/c1-4-33-22(17(2)3)30-27(25(33)35)12-7-13-32(16-27)18-10-14-31(15-11-18)24(34)21-19-8-5-6-9-20(19)37-23(21)29-26(28)36/h5-6,8-9,17-18H,4,7,10-16H2,1-3H3,(H3,28,29,36). The van der Waals surface area contributed by atoms with Crippen molar-refractivity contribution in [3.63, 3.8) is 0 Å². The summed E-state index contributed by atoms with van der Waals surface area (Å²) in [7, 11) is 0. The molecule has 10 heteroatoms. The van der Waals surface area contributed by atoms with Crippen LogP contribution in [-0.2, 0) is 4.79 Å². The Morgan fingerprint density at radius 3 is 2.59 bits per heavy atom. The molecule has 2 aromatic rings. The molecule has 1 aromatic heterocycles. The van der Waals surface area contributed by atoms with Crippen molar-refractivity contribution in [2.24, 2.45) is 16.6 Å². The van der Waals surface area contributed by atoms with Crippen LogP contribution in [0.15, 0.2) is 29.3 Å². The van der Waals surface area contributed by atoms with Gasteiger partial charge in [0.05, 0.1) is 5.56 Å². The summed E-state index contributed by atoms with van der Waals surface area (Å²) in [5, 5.41) is 3.98. The molecule has 198 valence electrons. The van der Waals surface area contributed by atoms with Gasteiger partial charge in [-0.15, -0.1) is 11.3 Å². The molecule has 9 nitrogen and oxygen atoms in total. The fourth-order valence-electron chi connectivity index (χ4n) is 6.13. The molecule has 0 radical (unpaired) electrons. The first-order valence-corrected chi connectivity index (χ1v) is 14.1. The van der Waals surface area contributed by atoms with Gasteiger partial charge in [-0.25, -0.2) is 4.79 Å². The van der Waals surface area contributed by atoms with Gasteiger partial charge in [-0.2, -0.15) is 0 Å². The van der Waals surface area contributed by atoms with Gasteiger partial charge in [0, 0.05) is 48.2 Å². The average molecular weight is 525 g/mol. The first kappa shape index (κ1) is 25.7. The molecule has 3 aliphatic heterocycles. The second-order valence-electron chi connectivity index (χ2n) is 10.6. The van der Waals surface area contributed by atoms with Gasteiger partial charge in [-0.1, -0.05) is 32.0 Å². The summed E-state index contributed by atoms with van der Waals surface area (Å²) < 4.78 is 0.937. The van der Waals surface area contributed by atoms with Crippen LogP contribution in [0.4, 0.5) is 9.80 Å². The molecule has 0 bridgehead atoms. The number of likely N-dealkylation sites (tertiary alicyclic amines) is 2. The number of anilines is 1. The number of piperidine rings is 2. The van der Waals surface area contributed by atoms with Crippen molar-refractivity contribution >= 4 is 50.1 Å². The van der Waals surface area contributed by atoms with Crippen molar-refractivity contribution < 1.29 is 14.4 Å². The summed E-state index contributed by atoms with van der Waals surface area (Å²) >= 11 is 1.37. The van der Waals surface area contributed by atoms with Crippen LogP contribution >= 0.6 is 11.3 Å². The zero-order chi connectivity index (χ0) is 26.3. The van der Waals surface area contributed by atoms with Gasteiger partial charge >= 0.3 is 6.03 Å². The van der Waals surface area contributed by atoms with E-state index in [-0.39, 0.29) is 17.7 Å². The highest BCUT2D eigenvalue weighted by atomic mass is 32.1. The quantitative estimate of drug-likeness (QED) is 0.621. The van der Waals surface area contributed by atoms with Crippen LogP contribution in [0.1, 0.15) is 56.8 Å². The van der Waals surface area contributed by atoms with Crippen LogP contribution in [-0.4, -0.2) is 82.7 Å². The van der Waals surface area contributed by atoms with Gasteiger partial charge in [-0.3, -0.25) is 29.7 Å². The summed E-state index contributed by atoms with van der Waals surface area (Å²) in [5.74, 6) is 1.20. The molecule has 3 N–H and O–H groups in total. The molecule has 3 aliphatic rings. The van der Waals surface area contributed by atoms with Crippen LogP contribution in [0.25, 0.3) is 10.1 Å². The lowest BCUT2D eigenvalue weighted by molar-refractivity contribution is -0.133. The molecular weight excluding hydrogens is 488 g/mol. The number of urea groups is 1. The Bertz CT molecular complexity index is 1250. The largest absolute Gasteiger partial charge is 0.351 e. The minimum absolute atomic E-state index is 0.0782. The number of hydrogen-bond acceptors (Lipinski definition) is 6. The van der Waals surface area contributed by atoms with E-state index in [0.717, 1.165) is 48.1 Å². The summed E-state index contributed by atoms with van der Waals surface area (Å²) in [6, 6.07) is 7.30. The van der Waals surface area contributed by atoms with E-state index in [4.69, 9.17) is 10.7 Å². The maximum atomic E-state index is 13.6. The van der Waals surface area contributed by atoms with Crippen molar-refractivity contribution in [2.75, 3.05) is 38.0 Å². The lowest BCUT2D eigenvalue weighted by atomic mass is 9.87. The number of thiophene rings is 1. The number of rotatable bonds is 5. The summed E-state index contributed by atoms with van der Waals surface area (Å²) in [6.07, 6.45) is 3.43. The second kappa shape index (κ2) is 10.1. The number of carbonyl (C=O) groups excluding carboxylic acids is 3. The van der Waals surface area contributed by atoms with Gasteiger partial charge in [0.15, 0.2) is 5.54 Å². The molecule has 0 saturated carbocycles. The summed E-state index contributed by atoms with van der Waals surface area (Å²) in [5.41, 5.74) is 5.24. The van der Waals surface area contributed by atoms with E-state index in [2.05, 4.69) is 24.1 Å². The minimum atomic E-state index is -0.676. The Labute approximate surface area is 221 Å². The summed E-state index contributed by atoms with van der Waals surface area (Å²) in [4.78, 5) is 49.9. The number of benzene rings is 1. The highest BCUT2D eigenvalue weighted by Crippen LogP contribution is 2.38. The number of amidine groups is 1. The molecule has 0 aliphatic carbocycles. The van der Waals surface area contributed by atoms with Gasteiger partial charge in [0.1, 0.15) is 10.8 Å². The van der Waals surface area contributed by atoms with Crippen LogP contribution in [0, 0.1) is 5.92 Å². The number of nitrogens with two attached hydrogens (primary N) is 1. The normalized spacial score (nSPS) is 23.4. The van der Waals surface area contributed by atoms with E-state index >= 15 is 0 Å². The Balaban J connectivity index is 1.29. The zero-order valence-electron chi connectivity index (χ0n) is 21.8. The number of fused-ring (bicyclic) bond motifs is 1. The maximum Gasteiger partial charge on any atom is 0.317 e. The fourth-order valence-corrected chi connectivity index (χ4v) is 7.22. The van der Waals surface area contributed by atoms with Crippen molar-refractivity contribution in [1.29, 1.82) is 0 Å². The molecule has 1 unspecified atom stereocenters. The van der Waals surface area contributed by atoms with Crippen molar-refractivity contribution in [3.8, 4) is 0 Å². The molecule has 5 rings (SSSR count). The van der Waals surface area contributed by atoms with Gasteiger partial charge in [0.2, 0.25) is 0 Å². The van der Waals surface area contributed by atoms with Crippen LogP contribution < -0.4 is 11.1 Å². The highest BCUT2D eigenvalue weighted by molar-refractivity contribution is 7.23.